The molecule has 0 bridgehead atoms. The first kappa shape index (κ1) is 14.7. The fraction of sp³-hybridized carbons (Fsp3) is 0.500. The van der Waals surface area contributed by atoms with Crippen molar-refractivity contribution in [2.45, 2.75) is 45.1 Å². The van der Waals surface area contributed by atoms with Gasteiger partial charge in [0.2, 0.25) is 10.0 Å². The van der Waals surface area contributed by atoms with Gasteiger partial charge in [0.05, 0.1) is 4.90 Å². The monoisotopic (exact) mass is 319 g/mol. The number of nitrogens with one attached hydrogen (secondary N) is 1. The van der Waals surface area contributed by atoms with E-state index in [4.69, 9.17) is 0 Å². The van der Waals surface area contributed by atoms with E-state index in [1.165, 1.54) is 0 Å². The molecular formula is C12H18BrNO2S. The average Bonchev–Trinajstić information content (AvgIpc) is 2.22. The number of aryl methyl sites for hydroxylation is 2. The van der Waals surface area contributed by atoms with Gasteiger partial charge in [0, 0.05) is 10.5 Å². The Bertz CT molecular complexity index is 511. The van der Waals surface area contributed by atoms with E-state index in [-0.39, 0.29) is 6.04 Å². The SMILES string of the molecule is CCC(C)NS(=O)(=O)c1cc(C)c(Br)cc1C. The van der Waals surface area contributed by atoms with Gasteiger partial charge in [-0.3, -0.25) is 0 Å². The molecule has 0 heterocycles. The highest BCUT2D eigenvalue weighted by Crippen LogP contribution is 2.24. The summed E-state index contributed by atoms with van der Waals surface area (Å²) in [6.07, 6.45) is 0.772. The molecule has 0 saturated carbocycles. The highest BCUT2D eigenvalue weighted by atomic mass is 79.9. The third-order valence-corrected chi connectivity index (χ3v) is 5.30. The second-order valence-electron chi connectivity index (χ2n) is 4.30. The van der Waals surface area contributed by atoms with Crippen LogP contribution in [0.5, 0.6) is 0 Å². The summed E-state index contributed by atoms with van der Waals surface area (Å²) in [6, 6.07) is 3.48. The van der Waals surface area contributed by atoms with Crippen LogP contribution in [0, 0.1) is 13.8 Å². The lowest BCUT2D eigenvalue weighted by atomic mass is 10.2. The van der Waals surface area contributed by atoms with Gasteiger partial charge < -0.3 is 0 Å². The van der Waals surface area contributed by atoms with Crippen molar-refractivity contribution < 1.29 is 8.42 Å². The van der Waals surface area contributed by atoms with Crippen molar-refractivity contribution in [1.82, 2.24) is 4.72 Å². The van der Waals surface area contributed by atoms with Crippen LogP contribution in [-0.4, -0.2) is 14.5 Å². The highest BCUT2D eigenvalue weighted by molar-refractivity contribution is 9.10. The smallest absolute Gasteiger partial charge is 0.208 e. The lowest BCUT2D eigenvalue weighted by Gasteiger charge is -2.14. The van der Waals surface area contributed by atoms with E-state index in [9.17, 15) is 8.42 Å². The maximum Gasteiger partial charge on any atom is 0.241 e. The second-order valence-corrected chi connectivity index (χ2v) is 6.83. The molecule has 0 aliphatic heterocycles. The predicted octanol–water partition coefficient (Wildman–Crippen LogP) is 3.14. The fourth-order valence-corrected chi connectivity index (χ4v) is 3.55. The molecule has 0 saturated heterocycles. The fourth-order valence-electron chi connectivity index (χ4n) is 1.46. The van der Waals surface area contributed by atoms with Crippen molar-refractivity contribution in [3.8, 4) is 0 Å². The van der Waals surface area contributed by atoms with E-state index in [1.54, 1.807) is 13.0 Å². The van der Waals surface area contributed by atoms with Crippen LogP contribution in [0.3, 0.4) is 0 Å². The maximum atomic E-state index is 12.2. The van der Waals surface area contributed by atoms with E-state index >= 15 is 0 Å². The molecule has 17 heavy (non-hydrogen) atoms. The van der Waals surface area contributed by atoms with Crippen LogP contribution < -0.4 is 4.72 Å². The Labute approximate surface area is 112 Å². The molecule has 1 unspecified atom stereocenters. The first-order valence-electron chi connectivity index (χ1n) is 5.57. The van der Waals surface area contributed by atoms with Crippen LogP contribution in [0.25, 0.3) is 0 Å². The quantitative estimate of drug-likeness (QED) is 0.926. The van der Waals surface area contributed by atoms with Crippen molar-refractivity contribution in [3.63, 3.8) is 0 Å². The first-order valence-corrected chi connectivity index (χ1v) is 7.84. The Balaban J connectivity index is 3.20. The molecule has 0 aromatic heterocycles. The molecule has 0 aliphatic rings. The van der Waals surface area contributed by atoms with Crippen LogP contribution in [0.2, 0.25) is 0 Å². The zero-order chi connectivity index (χ0) is 13.2. The van der Waals surface area contributed by atoms with Gasteiger partial charge in [-0.15, -0.1) is 0 Å². The third-order valence-electron chi connectivity index (χ3n) is 2.71. The summed E-state index contributed by atoms with van der Waals surface area (Å²) in [5.74, 6) is 0. The standard InChI is InChI=1S/C12H18BrNO2S/c1-5-10(4)14-17(15,16)12-7-8(2)11(13)6-9(12)3/h6-7,10,14H,5H2,1-4H3. The molecule has 0 radical (unpaired) electrons. The molecule has 1 atom stereocenters. The topological polar surface area (TPSA) is 46.2 Å². The molecule has 1 aromatic rings. The summed E-state index contributed by atoms with van der Waals surface area (Å²) in [4.78, 5) is 0.360. The van der Waals surface area contributed by atoms with E-state index in [1.807, 2.05) is 26.8 Å². The molecule has 1 N–H and O–H groups in total. The van der Waals surface area contributed by atoms with E-state index in [2.05, 4.69) is 20.7 Å². The minimum atomic E-state index is -3.41. The molecule has 0 fully saturated rings. The van der Waals surface area contributed by atoms with E-state index < -0.39 is 10.0 Å². The number of halogens is 1. The summed E-state index contributed by atoms with van der Waals surface area (Å²) in [5.41, 5.74) is 1.67. The largest absolute Gasteiger partial charge is 0.241 e. The van der Waals surface area contributed by atoms with Crippen molar-refractivity contribution in [2.24, 2.45) is 0 Å². The lowest BCUT2D eigenvalue weighted by molar-refractivity contribution is 0.555. The summed E-state index contributed by atoms with van der Waals surface area (Å²) in [6.45, 7) is 7.49. The lowest BCUT2D eigenvalue weighted by Crippen LogP contribution is -2.32. The Morgan fingerprint density at radius 3 is 2.41 bits per heavy atom. The van der Waals surface area contributed by atoms with Crippen LogP contribution in [0.1, 0.15) is 31.4 Å². The first-order chi connectivity index (χ1) is 7.77. The Kier molecular flexibility index (Phi) is 4.75. The van der Waals surface area contributed by atoms with Gasteiger partial charge in [0.1, 0.15) is 0 Å². The van der Waals surface area contributed by atoms with Crippen molar-refractivity contribution >= 4 is 26.0 Å². The van der Waals surface area contributed by atoms with Crippen LogP contribution in [0.4, 0.5) is 0 Å². The van der Waals surface area contributed by atoms with Gasteiger partial charge in [-0.2, -0.15) is 0 Å². The molecule has 5 heteroatoms. The second kappa shape index (κ2) is 5.50. The molecule has 0 spiro atoms. The van der Waals surface area contributed by atoms with Gasteiger partial charge in [-0.1, -0.05) is 22.9 Å². The Morgan fingerprint density at radius 2 is 1.88 bits per heavy atom. The molecule has 96 valence electrons. The third kappa shape index (κ3) is 3.53. The number of hydrogen-bond acceptors (Lipinski definition) is 2. The van der Waals surface area contributed by atoms with E-state index in [0.717, 1.165) is 22.0 Å². The summed E-state index contributed by atoms with van der Waals surface area (Å²) in [5, 5.41) is 0. The van der Waals surface area contributed by atoms with Crippen molar-refractivity contribution in [1.29, 1.82) is 0 Å². The van der Waals surface area contributed by atoms with Crippen molar-refractivity contribution in [2.75, 3.05) is 0 Å². The average molecular weight is 320 g/mol. The molecule has 1 aromatic carbocycles. The maximum absolute atomic E-state index is 12.2. The molecule has 3 nitrogen and oxygen atoms in total. The Hall–Kier alpha value is -0.390. The summed E-state index contributed by atoms with van der Waals surface area (Å²) in [7, 11) is -3.41. The normalized spacial score (nSPS) is 13.7. The zero-order valence-electron chi connectivity index (χ0n) is 10.5. The number of benzene rings is 1. The summed E-state index contributed by atoms with van der Waals surface area (Å²) < 4.78 is 27.9. The van der Waals surface area contributed by atoms with Gasteiger partial charge in [-0.25, -0.2) is 13.1 Å². The highest BCUT2D eigenvalue weighted by Gasteiger charge is 2.19. The number of rotatable bonds is 4. The van der Waals surface area contributed by atoms with Gasteiger partial charge in [0.15, 0.2) is 0 Å². The summed E-state index contributed by atoms with van der Waals surface area (Å²) >= 11 is 3.40. The minimum absolute atomic E-state index is 0.0525. The van der Waals surface area contributed by atoms with Gasteiger partial charge in [0.25, 0.3) is 0 Å². The van der Waals surface area contributed by atoms with Crippen LogP contribution >= 0.6 is 15.9 Å². The van der Waals surface area contributed by atoms with Crippen molar-refractivity contribution in [3.05, 3.63) is 27.7 Å². The van der Waals surface area contributed by atoms with E-state index in [0.29, 0.717) is 4.90 Å². The molecule has 0 aliphatic carbocycles. The Morgan fingerprint density at radius 1 is 1.29 bits per heavy atom. The number of hydrogen-bond donors (Lipinski definition) is 1. The number of sulfonamides is 1. The van der Waals surface area contributed by atoms with Gasteiger partial charge in [-0.05, 0) is 50.5 Å². The zero-order valence-corrected chi connectivity index (χ0v) is 12.9. The van der Waals surface area contributed by atoms with Gasteiger partial charge >= 0.3 is 0 Å². The molecule has 1 rings (SSSR count). The predicted molar refractivity (Wildman–Crippen MR) is 73.7 cm³/mol. The van der Waals surface area contributed by atoms with Crippen LogP contribution in [0.15, 0.2) is 21.5 Å². The minimum Gasteiger partial charge on any atom is -0.208 e. The molecule has 0 amide bonds. The molecular weight excluding hydrogens is 302 g/mol. The van der Waals surface area contributed by atoms with Crippen LogP contribution in [-0.2, 0) is 10.0 Å².